The fraction of sp³-hybridized carbons (Fsp3) is 0.200. The maximum atomic E-state index is 12.4. The van der Waals surface area contributed by atoms with Crippen molar-refractivity contribution in [3.05, 3.63) is 53.0 Å². The van der Waals surface area contributed by atoms with Crippen LogP contribution in [0.1, 0.15) is 27.4 Å². The highest BCUT2D eigenvalue weighted by Crippen LogP contribution is 2.22. The number of anilines is 1. The standard InChI is InChI=1S/C15H14N2O2/c1-10-8-13(11(2)19-10)15(18)17(3)14-7-5-4-6-12(14)9-16/h4-8H,1-3H3. The number of hydrogen-bond acceptors (Lipinski definition) is 3. The highest BCUT2D eigenvalue weighted by molar-refractivity contribution is 6.07. The van der Waals surface area contributed by atoms with Crippen molar-refractivity contribution in [2.75, 3.05) is 11.9 Å². The average Bonchev–Trinajstić information content (AvgIpc) is 2.76. The normalized spacial score (nSPS) is 10.0. The summed E-state index contributed by atoms with van der Waals surface area (Å²) in [5, 5.41) is 9.07. The van der Waals surface area contributed by atoms with Gasteiger partial charge in [0.25, 0.3) is 5.91 Å². The van der Waals surface area contributed by atoms with Crippen LogP contribution in [0.25, 0.3) is 0 Å². The van der Waals surface area contributed by atoms with Crippen molar-refractivity contribution in [3.8, 4) is 6.07 Å². The van der Waals surface area contributed by atoms with Crippen molar-refractivity contribution in [2.24, 2.45) is 0 Å². The summed E-state index contributed by atoms with van der Waals surface area (Å²) in [6, 6.07) is 10.8. The number of benzene rings is 1. The van der Waals surface area contributed by atoms with Crippen LogP contribution in [0.2, 0.25) is 0 Å². The lowest BCUT2D eigenvalue weighted by Gasteiger charge is -2.18. The monoisotopic (exact) mass is 254 g/mol. The van der Waals surface area contributed by atoms with Crippen LogP contribution in [-0.4, -0.2) is 13.0 Å². The predicted molar refractivity (Wildman–Crippen MR) is 72.1 cm³/mol. The molecule has 0 aliphatic rings. The van der Waals surface area contributed by atoms with Gasteiger partial charge in [-0.2, -0.15) is 5.26 Å². The molecule has 1 heterocycles. The number of furan rings is 1. The largest absolute Gasteiger partial charge is 0.466 e. The van der Waals surface area contributed by atoms with Gasteiger partial charge in [0.05, 0.1) is 16.8 Å². The van der Waals surface area contributed by atoms with E-state index in [9.17, 15) is 4.79 Å². The Balaban J connectivity index is 2.40. The topological polar surface area (TPSA) is 57.2 Å². The van der Waals surface area contributed by atoms with E-state index in [4.69, 9.17) is 9.68 Å². The smallest absolute Gasteiger partial charge is 0.261 e. The SMILES string of the molecule is Cc1cc(C(=O)N(C)c2ccccc2C#N)c(C)o1. The van der Waals surface area contributed by atoms with Gasteiger partial charge in [0.2, 0.25) is 0 Å². The molecular weight excluding hydrogens is 240 g/mol. The zero-order valence-corrected chi connectivity index (χ0v) is 11.1. The molecule has 1 amide bonds. The molecule has 0 atom stereocenters. The van der Waals surface area contributed by atoms with Crippen molar-refractivity contribution in [1.82, 2.24) is 0 Å². The molecule has 4 heteroatoms. The molecule has 0 fully saturated rings. The van der Waals surface area contributed by atoms with E-state index in [1.807, 2.05) is 0 Å². The number of hydrogen-bond donors (Lipinski definition) is 0. The first-order valence-electron chi connectivity index (χ1n) is 5.89. The summed E-state index contributed by atoms with van der Waals surface area (Å²) in [5.74, 6) is 1.10. The highest BCUT2D eigenvalue weighted by atomic mass is 16.3. The van der Waals surface area contributed by atoms with Crippen LogP contribution in [0.4, 0.5) is 5.69 Å². The second kappa shape index (κ2) is 4.99. The maximum absolute atomic E-state index is 12.4. The lowest BCUT2D eigenvalue weighted by atomic mass is 10.1. The summed E-state index contributed by atoms with van der Waals surface area (Å²) < 4.78 is 5.37. The van der Waals surface area contributed by atoms with Crippen molar-refractivity contribution < 1.29 is 9.21 Å². The van der Waals surface area contributed by atoms with E-state index in [0.29, 0.717) is 28.3 Å². The average molecular weight is 254 g/mol. The third-order valence-electron chi connectivity index (χ3n) is 2.96. The predicted octanol–water partition coefficient (Wildman–Crippen LogP) is 3.04. The minimum Gasteiger partial charge on any atom is -0.466 e. The van der Waals surface area contributed by atoms with E-state index in [0.717, 1.165) is 0 Å². The van der Waals surface area contributed by atoms with Gasteiger partial charge in [0, 0.05) is 7.05 Å². The van der Waals surface area contributed by atoms with Crippen LogP contribution in [-0.2, 0) is 0 Å². The van der Waals surface area contributed by atoms with Gasteiger partial charge in [-0.3, -0.25) is 4.79 Å². The van der Waals surface area contributed by atoms with Gasteiger partial charge in [0.15, 0.2) is 0 Å². The Bertz CT molecular complexity index is 665. The second-order valence-electron chi connectivity index (χ2n) is 4.32. The summed E-state index contributed by atoms with van der Waals surface area (Å²) in [6.07, 6.45) is 0. The highest BCUT2D eigenvalue weighted by Gasteiger charge is 2.20. The second-order valence-corrected chi connectivity index (χ2v) is 4.32. The molecular formula is C15H14N2O2. The van der Waals surface area contributed by atoms with E-state index in [1.54, 1.807) is 51.2 Å². The van der Waals surface area contributed by atoms with E-state index in [1.165, 1.54) is 4.90 Å². The Morgan fingerprint density at radius 2 is 2.00 bits per heavy atom. The Hall–Kier alpha value is -2.54. The van der Waals surface area contributed by atoms with Crippen molar-refractivity contribution >= 4 is 11.6 Å². The Morgan fingerprint density at radius 3 is 2.58 bits per heavy atom. The third kappa shape index (κ3) is 2.36. The number of nitriles is 1. The van der Waals surface area contributed by atoms with Gasteiger partial charge < -0.3 is 9.32 Å². The fourth-order valence-corrected chi connectivity index (χ4v) is 1.99. The first-order chi connectivity index (χ1) is 9.04. The van der Waals surface area contributed by atoms with Crippen LogP contribution in [0.3, 0.4) is 0 Å². The van der Waals surface area contributed by atoms with Crippen LogP contribution in [0, 0.1) is 25.2 Å². The molecule has 0 aliphatic carbocycles. The molecule has 4 nitrogen and oxygen atoms in total. The molecule has 0 spiro atoms. The number of amides is 1. The first-order valence-corrected chi connectivity index (χ1v) is 5.89. The molecule has 19 heavy (non-hydrogen) atoms. The molecule has 0 unspecified atom stereocenters. The lowest BCUT2D eigenvalue weighted by Crippen LogP contribution is -2.27. The molecule has 2 rings (SSSR count). The first kappa shape index (κ1) is 12.9. The molecule has 1 aromatic carbocycles. The number of carbonyl (C=O) groups is 1. The minimum absolute atomic E-state index is 0.183. The van der Waals surface area contributed by atoms with Crippen molar-refractivity contribution in [2.45, 2.75) is 13.8 Å². The van der Waals surface area contributed by atoms with Crippen molar-refractivity contribution in [3.63, 3.8) is 0 Å². The van der Waals surface area contributed by atoms with Crippen LogP contribution >= 0.6 is 0 Å². The Morgan fingerprint density at radius 1 is 1.32 bits per heavy atom. The van der Waals surface area contributed by atoms with Crippen LogP contribution in [0.15, 0.2) is 34.7 Å². The van der Waals surface area contributed by atoms with Crippen LogP contribution < -0.4 is 4.90 Å². The molecule has 0 radical (unpaired) electrons. The molecule has 1 aromatic heterocycles. The van der Waals surface area contributed by atoms with E-state index in [-0.39, 0.29) is 5.91 Å². The quantitative estimate of drug-likeness (QED) is 0.827. The lowest BCUT2D eigenvalue weighted by molar-refractivity contribution is 0.0991. The van der Waals surface area contributed by atoms with Gasteiger partial charge in [0.1, 0.15) is 17.6 Å². The van der Waals surface area contributed by atoms with E-state index in [2.05, 4.69) is 6.07 Å². The van der Waals surface area contributed by atoms with Gasteiger partial charge in [-0.15, -0.1) is 0 Å². The minimum atomic E-state index is -0.183. The van der Waals surface area contributed by atoms with E-state index >= 15 is 0 Å². The summed E-state index contributed by atoms with van der Waals surface area (Å²) in [5.41, 5.74) is 1.58. The Labute approximate surface area is 111 Å². The van der Waals surface area contributed by atoms with Gasteiger partial charge in [-0.25, -0.2) is 0 Å². The zero-order valence-electron chi connectivity index (χ0n) is 11.1. The summed E-state index contributed by atoms with van der Waals surface area (Å²) in [6.45, 7) is 3.55. The molecule has 0 saturated heterocycles. The van der Waals surface area contributed by atoms with Gasteiger partial charge in [-0.05, 0) is 32.0 Å². The summed E-state index contributed by atoms with van der Waals surface area (Å²) in [7, 11) is 1.65. The zero-order chi connectivity index (χ0) is 14.0. The summed E-state index contributed by atoms with van der Waals surface area (Å²) >= 11 is 0. The van der Waals surface area contributed by atoms with Gasteiger partial charge >= 0.3 is 0 Å². The van der Waals surface area contributed by atoms with E-state index < -0.39 is 0 Å². The van der Waals surface area contributed by atoms with Gasteiger partial charge in [-0.1, -0.05) is 12.1 Å². The van der Waals surface area contributed by atoms with Crippen LogP contribution in [0.5, 0.6) is 0 Å². The number of para-hydroxylation sites is 1. The van der Waals surface area contributed by atoms with Crippen molar-refractivity contribution in [1.29, 1.82) is 5.26 Å². The molecule has 2 aromatic rings. The Kier molecular flexibility index (Phi) is 3.39. The molecule has 0 aliphatic heterocycles. The number of aryl methyl sites for hydroxylation is 2. The third-order valence-corrected chi connectivity index (χ3v) is 2.96. The maximum Gasteiger partial charge on any atom is 0.261 e. The molecule has 0 N–H and O–H groups in total. The molecule has 0 saturated carbocycles. The fourth-order valence-electron chi connectivity index (χ4n) is 1.99. The number of carbonyl (C=O) groups excluding carboxylic acids is 1. The summed E-state index contributed by atoms with van der Waals surface area (Å²) in [4.78, 5) is 13.9. The number of rotatable bonds is 2. The molecule has 0 bridgehead atoms. The number of nitrogens with zero attached hydrogens (tertiary/aromatic N) is 2. The molecule has 96 valence electrons.